The number of amides is 1. The number of guanidine groups is 1. The quantitative estimate of drug-likeness (QED) is 0.269. The molecule has 0 heterocycles. The van der Waals surface area contributed by atoms with Gasteiger partial charge >= 0.3 is 0 Å². The van der Waals surface area contributed by atoms with Crippen molar-refractivity contribution in [3.8, 4) is 0 Å². The van der Waals surface area contributed by atoms with E-state index in [-0.39, 0.29) is 59.4 Å². The normalized spacial score (nSPS) is 31.8. The molecule has 7 heteroatoms. The summed E-state index contributed by atoms with van der Waals surface area (Å²) in [7, 11) is 1.78. The second-order valence-corrected chi connectivity index (χ2v) is 8.71. The van der Waals surface area contributed by atoms with Gasteiger partial charge in [0.05, 0.1) is 6.10 Å². The Bertz CT molecular complexity index is 500. The molecule has 2 rings (SSSR count). The summed E-state index contributed by atoms with van der Waals surface area (Å²) in [5, 5.41) is 20.3. The zero-order valence-corrected chi connectivity index (χ0v) is 19.7. The molecule has 4 atom stereocenters. The molecule has 0 aromatic rings. The molecule has 2 fully saturated rings. The molecule has 6 nitrogen and oxygen atoms in total. The number of nitrogens with one attached hydrogen (secondary N) is 3. The van der Waals surface area contributed by atoms with E-state index in [1.807, 2.05) is 13.8 Å². The van der Waals surface area contributed by atoms with Crippen LogP contribution in [0.1, 0.15) is 72.1 Å². The molecule has 0 aliphatic heterocycles. The Hall–Kier alpha value is -0.570. The number of carbonyl (C=O) groups excluding carboxylic acids is 1. The first-order valence-electron chi connectivity index (χ1n) is 10.3. The summed E-state index contributed by atoms with van der Waals surface area (Å²) >= 11 is 0. The number of aliphatic hydroxyl groups is 1. The molecular formula is C20H39IN4O2. The van der Waals surface area contributed by atoms with Crippen LogP contribution in [0.15, 0.2) is 4.99 Å². The van der Waals surface area contributed by atoms with Crippen molar-refractivity contribution in [3.63, 3.8) is 0 Å². The van der Waals surface area contributed by atoms with E-state index in [2.05, 4.69) is 27.9 Å². The molecule has 1 amide bonds. The lowest BCUT2D eigenvalue weighted by Crippen LogP contribution is -2.51. The molecule has 27 heavy (non-hydrogen) atoms. The predicted molar refractivity (Wildman–Crippen MR) is 122 cm³/mol. The van der Waals surface area contributed by atoms with Crippen LogP contribution in [-0.4, -0.2) is 48.8 Å². The first kappa shape index (κ1) is 24.5. The molecule has 2 aliphatic rings. The van der Waals surface area contributed by atoms with Crippen LogP contribution in [0.3, 0.4) is 0 Å². The third-order valence-electron chi connectivity index (χ3n) is 5.98. The number of nitrogens with zero attached hydrogens (tertiary/aromatic N) is 1. The minimum absolute atomic E-state index is 0. The first-order valence-corrected chi connectivity index (χ1v) is 10.3. The van der Waals surface area contributed by atoms with Crippen LogP contribution in [0.2, 0.25) is 0 Å². The predicted octanol–water partition coefficient (Wildman–Crippen LogP) is 2.79. The van der Waals surface area contributed by atoms with E-state index in [1.54, 1.807) is 7.05 Å². The van der Waals surface area contributed by atoms with Gasteiger partial charge in [0.25, 0.3) is 0 Å². The lowest BCUT2D eigenvalue weighted by Gasteiger charge is -2.39. The van der Waals surface area contributed by atoms with Crippen molar-refractivity contribution >= 4 is 35.8 Å². The number of halogens is 1. The van der Waals surface area contributed by atoms with Gasteiger partial charge in [0.15, 0.2) is 5.96 Å². The van der Waals surface area contributed by atoms with Crippen molar-refractivity contribution < 1.29 is 9.90 Å². The minimum atomic E-state index is -0.249. The van der Waals surface area contributed by atoms with Crippen LogP contribution >= 0.6 is 24.0 Å². The maximum atomic E-state index is 12.3. The van der Waals surface area contributed by atoms with Crippen LogP contribution in [0, 0.1) is 11.3 Å². The maximum absolute atomic E-state index is 12.3. The highest BCUT2D eigenvalue weighted by Crippen LogP contribution is 2.35. The monoisotopic (exact) mass is 494 g/mol. The van der Waals surface area contributed by atoms with Gasteiger partial charge in [0.1, 0.15) is 0 Å². The molecule has 2 aliphatic carbocycles. The Kier molecular flexibility index (Phi) is 10.4. The lowest BCUT2D eigenvalue weighted by molar-refractivity contribution is -0.126. The molecule has 0 aromatic heterocycles. The minimum Gasteiger partial charge on any atom is -0.392 e. The molecule has 2 saturated carbocycles. The van der Waals surface area contributed by atoms with Crippen LogP contribution in [0.25, 0.3) is 0 Å². The van der Waals surface area contributed by atoms with Crippen molar-refractivity contribution in [1.29, 1.82) is 0 Å². The van der Waals surface area contributed by atoms with E-state index in [0.717, 1.165) is 57.5 Å². The van der Waals surface area contributed by atoms with Crippen LogP contribution < -0.4 is 16.0 Å². The molecule has 0 saturated heterocycles. The molecular weight excluding hydrogens is 455 g/mol. The summed E-state index contributed by atoms with van der Waals surface area (Å²) in [5.74, 6) is 1.03. The summed E-state index contributed by atoms with van der Waals surface area (Å²) in [6, 6.07) is 0.454. The van der Waals surface area contributed by atoms with Crippen LogP contribution in [0.4, 0.5) is 0 Å². The second-order valence-electron chi connectivity index (χ2n) is 8.71. The number of aliphatic imine (C=N–C) groups is 1. The number of hydrogen-bond donors (Lipinski definition) is 4. The average Bonchev–Trinajstić information content (AvgIpc) is 2.61. The van der Waals surface area contributed by atoms with E-state index in [4.69, 9.17) is 0 Å². The van der Waals surface area contributed by atoms with E-state index in [0.29, 0.717) is 0 Å². The van der Waals surface area contributed by atoms with Gasteiger partial charge in [-0.3, -0.25) is 9.79 Å². The fourth-order valence-electron chi connectivity index (χ4n) is 4.22. The molecule has 4 unspecified atom stereocenters. The highest BCUT2D eigenvalue weighted by molar-refractivity contribution is 14.0. The number of carbonyl (C=O) groups is 1. The first-order chi connectivity index (χ1) is 12.3. The zero-order chi connectivity index (χ0) is 19.2. The maximum Gasteiger partial charge on any atom is 0.223 e. The van der Waals surface area contributed by atoms with Crippen LogP contribution in [0.5, 0.6) is 0 Å². The summed E-state index contributed by atoms with van der Waals surface area (Å²) in [5.41, 5.74) is -0.0951. The molecule has 0 bridgehead atoms. The molecule has 0 spiro atoms. The molecule has 0 radical (unpaired) electrons. The van der Waals surface area contributed by atoms with Crippen molar-refractivity contribution in [2.75, 3.05) is 13.6 Å². The molecule has 0 aromatic carbocycles. The van der Waals surface area contributed by atoms with Gasteiger partial charge in [-0.05, 0) is 46.0 Å². The largest absolute Gasteiger partial charge is 0.392 e. The number of hydrogen-bond acceptors (Lipinski definition) is 3. The zero-order valence-electron chi connectivity index (χ0n) is 17.4. The van der Waals surface area contributed by atoms with Crippen molar-refractivity contribution in [2.45, 2.75) is 90.3 Å². The van der Waals surface area contributed by atoms with E-state index >= 15 is 0 Å². The molecule has 4 N–H and O–H groups in total. The van der Waals surface area contributed by atoms with Crippen LogP contribution in [-0.2, 0) is 4.79 Å². The fraction of sp³-hybridized carbons (Fsp3) is 0.900. The standard InChI is InChI=1S/C20H38N4O2.HI/c1-14(2)23-18(26)15-8-7-9-16(12-15)24-19(21-4)22-13-20(3)11-6-5-10-17(20)25;/h14-17,25H,5-13H2,1-4H3,(H,23,26)(H2,21,22,24);1H. The highest BCUT2D eigenvalue weighted by atomic mass is 127. The van der Waals surface area contributed by atoms with Gasteiger partial charge in [-0.1, -0.05) is 26.2 Å². The summed E-state index contributed by atoms with van der Waals surface area (Å²) in [6.45, 7) is 6.88. The van der Waals surface area contributed by atoms with Crippen molar-refractivity contribution in [1.82, 2.24) is 16.0 Å². The Morgan fingerprint density at radius 3 is 2.59 bits per heavy atom. The smallest absolute Gasteiger partial charge is 0.223 e. The highest BCUT2D eigenvalue weighted by Gasteiger charge is 2.35. The van der Waals surface area contributed by atoms with Crippen molar-refractivity contribution in [3.05, 3.63) is 0 Å². The fourth-order valence-corrected chi connectivity index (χ4v) is 4.22. The summed E-state index contributed by atoms with van der Waals surface area (Å²) in [6.07, 6.45) is 7.90. The van der Waals surface area contributed by atoms with Gasteiger partial charge in [-0.25, -0.2) is 0 Å². The van der Waals surface area contributed by atoms with Gasteiger partial charge in [-0.2, -0.15) is 0 Å². The Balaban J connectivity index is 0.00000364. The third kappa shape index (κ3) is 7.40. The van der Waals surface area contributed by atoms with Gasteiger partial charge in [-0.15, -0.1) is 24.0 Å². The Labute approximate surface area is 181 Å². The van der Waals surface area contributed by atoms with E-state index in [1.165, 1.54) is 6.42 Å². The van der Waals surface area contributed by atoms with Gasteiger partial charge < -0.3 is 21.1 Å². The lowest BCUT2D eigenvalue weighted by atomic mass is 9.73. The van der Waals surface area contributed by atoms with E-state index < -0.39 is 0 Å². The number of aliphatic hydroxyl groups excluding tert-OH is 1. The van der Waals surface area contributed by atoms with E-state index in [9.17, 15) is 9.90 Å². The topological polar surface area (TPSA) is 85.8 Å². The summed E-state index contributed by atoms with van der Waals surface area (Å²) in [4.78, 5) is 16.7. The summed E-state index contributed by atoms with van der Waals surface area (Å²) < 4.78 is 0. The SMILES string of the molecule is CN=C(NCC1(C)CCCCC1O)NC1CCCC(C(=O)NC(C)C)C1.I. The van der Waals surface area contributed by atoms with Gasteiger partial charge in [0.2, 0.25) is 5.91 Å². The molecule has 158 valence electrons. The Morgan fingerprint density at radius 1 is 1.22 bits per heavy atom. The Morgan fingerprint density at radius 2 is 1.96 bits per heavy atom. The van der Waals surface area contributed by atoms with Crippen molar-refractivity contribution in [2.24, 2.45) is 16.3 Å². The third-order valence-corrected chi connectivity index (χ3v) is 5.98. The number of rotatable bonds is 5. The van der Waals surface area contributed by atoms with Gasteiger partial charge in [0, 0.05) is 37.0 Å². The average molecular weight is 494 g/mol. The second kappa shape index (κ2) is 11.4.